The molecule has 2 nitrogen and oxygen atoms in total. The highest BCUT2D eigenvalue weighted by Crippen LogP contribution is 2.11. The van der Waals surface area contributed by atoms with Crippen LogP contribution in [0, 0.1) is 6.92 Å². The number of hydrogen-bond donors (Lipinski definition) is 1. The molecular weight excluding hydrogens is 276 g/mol. The van der Waals surface area contributed by atoms with Crippen LogP contribution in [0.1, 0.15) is 17.0 Å². The first-order valence-corrected chi connectivity index (χ1v) is 6.41. The molecule has 0 aliphatic heterocycles. The molecule has 0 amide bonds. The van der Waals surface area contributed by atoms with E-state index in [-0.39, 0.29) is 0 Å². The molecule has 2 rings (SSSR count). The molecule has 0 unspecified atom stereocenters. The minimum Gasteiger partial charge on any atom is -0.307 e. The number of halogens is 1. The topological polar surface area (TPSA) is 24.9 Å². The maximum atomic E-state index is 4.45. The van der Waals surface area contributed by atoms with E-state index < -0.39 is 0 Å². The summed E-state index contributed by atoms with van der Waals surface area (Å²) in [5, 5.41) is 3.39. The van der Waals surface area contributed by atoms with Crippen LogP contribution >= 0.6 is 15.9 Å². The number of rotatable bonds is 4. The monoisotopic (exact) mass is 290 g/mol. The van der Waals surface area contributed by atoms with Crippen LogP contribution in [-0.2, 0) is 13.1 Å². The Kier molecular flexibility index (Phi) is 4.29. The second-order valence-electron chi connectivity index (χ2n) is 4.00. The molecule has 0 aliphatic rings. The Labute approximate surface area is 110 Å². The summed E-state index contributed by atoms with van der Waals surface area (Å²) in [6.07, 6.45) is 0. The standard InChI is InChI=1S/C14H15BrN2/c1-11-4-2-7-14(17-11)10-16-9-12-5-3-6-13(15)8-12/h2-8,16H,9-10H2,1H3. The van der Waals surface area contributed by atoms with Gasteiger partial charge in [-0.3, -0.25) is 4.98 Å². The molecule has 0 aliphatic carbocycles. The zero-order valence-corrected chi connectivity index (χ0v) is 11.4. The molecular formula is C14H15BrN2. The molecule has 1 heterocycles. The minimum atomic E-state index is 0.800. The zero-order valence-electron chi connectivity index (χ0n) is 9.78. The smallest absolute Gasteiger partial charge is 0.0544 e. The van der Waals surface area contributed by atoms with E-state index in [1.807, 2.05) is 37.3 Å². The molecule has 1 aromatic carbocycles. The van der Waals surface area contributed by atoms with Crippen molar-refractivity contribution in [2.75, 3.05) is 0 Å². The highest BCUT2D eigenvalue weighted by atomic mass is 79.9. The highest BCUT2D eigenvalue weighted by molar-refractivity contribution is 9.10. The maximum absolute atomic E-state index is 4.45. The summed E-state index contributed by atoms with van der Waals surface area (Å²) in [5.41, 5.74) is 3.42. The van der Waals surface area contributed by atoms with E-state index in [4.69, 9.17) is 0 Å². The number of aryl methyl sites for hydroxylation is 1. The van der Waals surface area contributed by atoms with Crippen LogP contribution in [0.2, 0.25) is 0 Å². The molecule has 1 N–H and O–H groups in total. The molecule has 0 saturated heterocycles. The summed E-state index contributed by atoms with van der Waals surface area (Å²) in [4.78, 5) is 4.45. The van der Waals surface area contributed by atoms with Crippen molar-refractivity contribution in [2.45, 2.75) is 20.0 Å². The number of nitrogens with one attached hydrogen (secondary N) is 1. The highest BCUT2D eigenvalue weighted by Gasteiger charge is 1.96. The van der Waals surface area contributed by atoms with Gasteiger partial charge in [-0.05, 0) is 36.8 Å². The lowest BCUT2D eigenvalue weighted by atomic mass is 10.2. The average molecular weight is 291 g/mol. The largest absolute Gasteiger partial charge is 0.307 e. The molecule has 0 fully saturated rings. The van der Waals surface area contributed by atoms with E-state index >= 15 is 0 Å². The third-order valence-corrected chi connectivity index (χ3v) is 2.96. The van der Waals surface area contributed by atoms with Crippen LogP contribution in [0.3, 0.4) is 0 Å². The first-order valence-electron chi connectivity index (χ1n) is 5.62. The molecule has 0 spiro atoms. The van der Waals surface area contributed by atoms with Crippen molar-refractivity contribution >= 4 is 15.9 Å². The second kappa shape index (κ2) is 5.94. The quantitative estimate of drug-likeness (QED) is 0.933. The Morgan fingerprint density at radius 2 is 1.94 bits per heavy atom. The van der Waals surface area contributed by atoms with Gasteiger partial charge >= 0.3 is 0 Å². The van der Waals surface area contributed by atoms with Crippen LogP contribution in [0.15, 0.2) is 46.9 Å². The number of nitrogens with zero attached hydrogens (tertiary/aromatic N) is 1. The van der Waals surface area contributed by atoms with E-state index in [1.165, 1.54) is 5.56 Å². The van der Waals surface area contributed by atoms with Crippen LogP contribution < -0.4 is 5.32 Å². The van der Waals surface area contributed by atoms with E-state index in [0.29, 0.717) is 0 Å². The van der Waals surface area contributed by atoms with Gasteiger partial charge in [0.2, 0.25) is 0 Å². The van der Waals surface area contributed by atoms with Crippen molar-refractivity contribution < 1.29 is 0 Å². The van der Waals surface area contributed by atoms with Crippen molar-refractivity contribution in [3.63, 3.8) is 0 Å². The minimum absolute atomic E-state index is 0.800. The van der Waals surface area contributed by atoms with Gasteiger partial charge in [0.25, 0.3) is 0 Å². The van der Waals surface area contributed by atoms with Crippen LogP contribution in [0.5, 0.6) is 0 Å². The fraction of sp³-hybridized carbons (Fsp3) is 0.214. The predicted octanol–water partition coefficient (Wildman–Crippen LogP) is 3.44. The first kappa shape index (κ1) is 12.3. The lowest BCUT2D eigenvalue weighted by Crippen LogP contribution is -2.13. The van der Waals surface area contributed by atoms with Gasteiger partial charge in [0, 0.05) is 23.3 Å². The van der Waals surface area contributed by atoms with E-state index in [9.17, 15) is 0 Å². The van der Waals surface area contributed by atoms with Crippen molar-refractivity contribution in [3.8, 4) is 0 Å². The summed E-state index contributed by atoms with van der Waals surface area (Å²) in [6, 6.07) is 14.4. The summed E-state index contributed by atoms with van der Waals surface area (Å²) >= 11 is 3.47. The van der Waals surface area contributed by atoms with Crippen molar-refractivity contribution in [1.82, 2.24) is 10.3 Å². The fourth-order valence-electron chi connectivity index (χ4n) is 1.68. The van der Waals surface area contributed by atoms with Gasteiger partial charge in [0.05, 0.1) is 5.69 Å². The summed E-state index contributed by atoms with van der Waals surface area (Å²) in [5.74, 6) is 0. The molecule has 0 bridgehead atoms. The molecule has 0 atom stereocenters. The van der Waals surface area contributed by atoms with Crippen molar-refractivity contribution in [1.29, 1.82) is 0 Å². The lowest BCUT2D eigenvalue weighted by Gasteiger charge is -2.05. The SMILES string of the molecule is Cc1cccc(CNCc2cccc(Br)c2)n1. The van der Waals surface area contributed by atoms with Gasteiger partial charge in [-0.1, -0.05) is 34.1 Å². The van der Waals surface area contributed by atoms with Gasteiger partial charge in [-0.15, -0.1) is 0 Å². The number of hydrogen-bond acceptors (Lipinski definition) is 2. The average Bonchev–Trinajstić information content (AvgIpc) is 2.29. The van der Waals surface area contributed by atoms with Crippen LogP contribution in [0.25, 0.3) is 0 Å². The van der Waals surface area contributed by atoms with E-state index in [1.54, 1.807) is 0 Å². The molecule has 2 aromatic rings. The molecule has 1 aromatic heterocycles. The molecule has 3 heteroatoms. The first-order chi connectivity index (χ1) is 8.24. The number of pyridine rings is 1. The van der Waals surface area contributed by atoms with Gasteiger partial charge in [0.1, 0.15) is 0 Å². The Morgan fingerprint density at radius 3 is 2.71 bits per heavy atom. The normalized spacial score (nSPS) is 10.5. The number of aromatic nitrogens is 1. The van der Waals surface area contributed by atoms with E-state index in [2.05, 4.69) is 38.4 Å². The summed E-state index contributed by atoms with van der Waals surface area (Å²) in [6.45, 7) is 3.67. The summed E-state index contributed by atoms with van der Waals surface area (Å²) < 4.78 is 1.12. The fourth-order valence-corrected chi connectivity index (χ4v) is 2.13. The predicted molar refractivity (Wildman–Crippen MR) is 73.7 cm³/mol. The Morgan fingerprint density at radius 1 is 1.12 bits per heavy atom. The maximum Gasteiger partial charge on any atom is 0.0544 e. The van der Waals surface area contributed by atoms with Crippen molar-refractivity contribution in [3.05, 3.63) is 63.9 Å². The zero-order chi connectivity index (χ0) is 12.1. The van der Waals surface area contributed by atoms with Gasteiger partial charge in [0.15, 0.2) is 0 Å². The number of benzene rings is 1. The van der Waals surface area contributed by atoms with Crippen molar-refractivity contribution in [2.24, 2.45) is 0 Å². The third-order valence-electron chi connectivity index (χ3n) is 2.47. The van der Waals surface area contributed by atoms with Crippen LogP contribution in [0.4, 0.5) is 0 Å². The molecule has 17 heavy (non-hydrogen) atoms. The Hall–Kier alpha value is -1.19. The Bertz CT molecular complexity index is 452. The van der Waals surface area contributed by atoms with Gasteiger partial charge < -0.3 is 5.32 Å². The third kappa shape index (κ3) is 3.95. The second-order valence-corrected chi connectivity index (χ2v) is 4.92. The molecule has 0 radical (unpaired) electrons. The van der Waals surface area contributed by atoms with Gasteiger partial charge in [-0.25, -0.2) is 0 Å². The lowest BCUT2D eigenvalue weighted by molar-refractivity contribution is 0.678. The van der Waals surface area contributed by atoms with Crippen LogP contribution in [-0.4, -0.2) is 4.98 Å². The van der Waals surface area contributed by atoms with E-state index in [0.717, 1.165) is 29.0 Å². The van der Waals surface area contributed by atoms with Gasteiger partial charge in [-0.2, -0.15) is 0 Å². The molecule has 88 valence electrons. The molecule has 0 saturated carbocycles. The summed E-state index contributed by atoms with van der Waals surface area (Å²) in [7, 11) is 0. The Balaban J connectivity index is 1.87.